The van der Waals surface area contributed by atoms with Crippen molar-refractivity contribution in [2.24, 2.45) is 5.41 Å². The summed E-state index contributed by atoms with van der Waals surface area (Å²) < 4.78 is 50.1. The molecule has 11 heteroatoms. The number of benzene rings is 1. The second kappa shape index (κ2) is 8.51. The van der Waals surface area contributed by atoms with Crippen molar-refractivity contribution in [3.8, 4) is 0 Å². The molecule has 0 aromatic heterocycles. The average molecular weight is 472 g/mol. The van der Waals surface area contributed by atoms with E-state index >= 15 is 0 Å². The molecule has 0 aliphatic carbocycles. The summed E-state index contributed by atoms with van der Waals surface area (Å²) in [5.41, 5.74) is 0.361. The van der Waals surface area contributed by atoms with Crippen LogP contribution in [0, 0.1) is 5.41 Å². The van der Waals surface area contributed by atoms with E-state index in [-0.39, 0.29) is 55.9 Å². The number of sulfone groups is 1. The first-order valence-electron chi connectivity index (χ1n) is 10.2. The van der Waals surface area contributed by atoms with Gasteiger partial charge in [-0.1, -0.05) is 26.8 Å². The van der Waals surface area contributed by atoms with Crippen molar-refractivity contribution >= 4 is 37.4 Å². The standard InChI is InChI=1S/C20H29N3O6S2/c1-20(2,3)19(25)21-16-6-4-5-15(13-16)18(24)22-8-10-23(11-9-22)31(28,29)17-7-12-30(26,27)14-17/h4-6,13,17H,7-12,14H2,1-3H3,(H,21,25). The lowest BCUT2D eigenvalue weighted by Gasteiger charge is -2.35. The molecule has 1 aromatic rings. The maximum atomic E-state index is 12.9. The van der Waals surface area contributed by atoms with Gasteiger partial charge in [0.2, 0.25) is 15.9 Å². The van der Waals surface area contributed by atoms with Crippen molar-refractivity contribution in [1.29, 1.82) is 0 Å². The molecule has 0 saturated carbocycles. The van der Waals surface area contributed by atoms with Crippen LogP contribution in [0.1, 0.15) is 37.6 Å². The fraction of sp³-hybridized carbons (Fsp3) is 0.600. The highest BCUT2D eigenvalue weighted by Gasteiger charge is 2.41. The summed E-state index contributed by atoms with van der Waals surface area (Å²) >= 11 is 0. The van der Waals surface area contributed by atoms with Crippen LogP contribution in [-0.4, -0.2) is 80.8 Å². The van der Waals surface area contributed by atoms with Gasteiger partial charge in [0, 0.05) is 42.8 Å². The van der Waals surface area contributed by atoms with Crippen molar-refractivity contribution in [2.45, 2.75) is 32.4 Å². The number of nitrogens with zero attached hydrogens (tertiary/aromatic N) is 2. The van der Waals surface area contributed by atoms with Crippen LogP contribution in [0.15, 0.2) is 24.3 Å². The zero-order valence-corrected chi connectivity index (χ0v) is 19.6. The van der Waals surface area contributed by atoms with Crippen molar-refractivity contribution in [3.05, 3.63) is 29.8 Å². The van der Waals surface area contributed by atoms with Crippen LogP contribution in [0.3, 0.4) is 0 Å². The molecule has 2 aliphatic rings. The molecule has 1 unspecified atom stereocenters. The third kappa shape index (κ3) is 5.45. The molecular formula is C20H29N3O6S2. The lowest BCUT2D eigenvalue weighted by Crippen LogP contribution is -2.52. The Bertz CT molecular complexity index is 1070. The largest absolute Gasteiger partial charge is 0.336 e. The van der Waals surface area contributed by atoms with E-state index in [9.17, 15) is 26.4 Å². The van der Waals surface area contributed by atoms with Gasteiger partial charge in [0.25, 0.3) is 5.91 Å². The van der Waals surface area contributed by atoms with Gasteiger partial charge in [-0.2, -0.15) is 4.31 Å². The molecule has 172 valence electrons. The van der Waals surface area contributed by atoms with Crippen LogP contribution in [0.2, 0.25) is 0 Å². The normalized spacial score (nSPS) is 22.3. The molecule has 2 saturated heterocycles. The van der Waals surface area contributed by atoms with Crippen LogP contribution in [0.25, 0.3) is 0 Å². The van der Waals surface area contributed by atoms with E-state index in [1.54, 1.807) is 49.9 Å². The number of carbonyl (C=O) groups is 2. The minimum Gasteiger partial charge on any atom is -0.336 e. The van der Waals surface area contributed by atoms with E-state index in [4.69, 9.17) is 0 Å². The van der Waals surface area contributed by atoms with E-state index in [0.29, 0.717) is 11.3 Å². The Balaban J connectivity index is 1.63. The number of hydrogen-bond acceptors (Lipinski definition) is 6. The summed E-state index contributed by atoms with van der Waals surface area (Å²) in [6.07, 6.45) is 0.122. The highest BCUT2D eigenvalue weighted by atomic mass is 32.2. The zero-order valence-electron chi connectivity index (χ0n) is 18.0. The first kappa shape index (κ1) is 23.7. The third-order valence-electron chi connectivity index (χ3n) is 5.55. The molecular weight excluding hydrogens is 442 g/mol. The van der Waals surface area contributed by atoms with Gasteiger partial charge < -0.3 is 10.2 Å². The van der Waals surface area contributed by atoms with E-state index in [2.05, 4.69) is 5.32 Å². The number of piperazine rings is 1. The third-order valence-corrected chi connectivity index (χ3v) is 9.85. The van der Waals surface area contributed by atoms with Crippen LogP contribution in [0.5, 0.6) is 0 Å². The Morgan fingerprint density at radius 1 is 1.10 bits per heavy atom. The second-order valence-electron chi connectivity index (χ2n) is 9.05. The summed E-state index contributed by atoms with van der Waals surface area (Å²) in [6, 6.07) is 6.66. The number of sulfonamides is 1. The van der Waals surface area contributed by atoms with Crippen LogP contribution in [-0.2, 0) is 24.7 Å². The molecule has 31 heavy (non-hydrogen) atoms. The minimum atomic E-state index is -3.71. The minimum absolute atomic E-state index is 0.0998. The SMILES string of the molecule is CC(C)(C)C(=O)Nc1cccc(C(=O)N2CCN(S(=O)(=O)C3CCS(=O)(=O)C3)CC2)c1. The van der Waals surface area contributed by atoms with Gasteiger partial charge in [-0.3, -0.25) is 9.59 Å². The van der Waals surface area contributed by atoms with Crippen molar-refractivity contribution in [2.75, 3.05) is 43.0 Å². The first-order valence-corrected chi connectivity index (χ1v) is 13.5. The van der Waals surface area contributed by atoms with Crippen molar-refractivity contribution < 1.29 is 26.4 Å². The second-order valence-corrected chi connectivity index (χ2v) is 13.5. The monoisotopic (exact) mass is 471 g/mol. The van der Waals surface area contributed by atoms with Gasteiger partial charge in [-0.15, -0.1) is 0 Å². The number of nitrogens with one attached hydrogen (secondary N) is 1. The molecule has 2 fully saturated rings. The van der Waals surface area contributed by atoms with Crippen LogP contribution < -0.4 is 5.32 Å². The summed E-state index contributed by atoms with van der Waals surface area (Å²) in [6.45, 7) is 6.09. The summed E-state index contributed by atoms with van der Waals surface area (Å²) in [5.74, 6) is -0.837. The quantitative estimate of drug-likeness (QED) is 0.698. The van der Waals surface area contributed by atoms with E-state index in [0.717, 1.165) is 0 Å². The van der Waals surface area contributed by atoms with E-state index in [1.807, 2.05) is 0 Å². The van der Waals surface area contributed by atoms with Gasteiger partial charge in [0.1, 0.15) is 0 Å². The molecule has 1 N–H and O–H groups in total. The molecule has 0 bridgehead atoms. The Kier molecular flexibility index (Phi) is 6.50. The number of hydrogen-bond donors (Lipinski definition) is 1. The molecule has 1 atom stereocenters. The highest BCUT2D eigenvalue weighted by molar-refractivity contribution is 7.95. The fourth-order valence-corrected chi connectivity index (χ4v) is 8.10. The highest BCUT2D eigenvalue weighted by Crippen LogP contribution is 2.24. The molecule has 2 heterocycles. The predicted molar refractivity (Wildman–Crippen MR) is 118 cm³/mol. The lowest BCUT2D eigenvalue weighted by molar-refractivity contribution is -0.123. The predicted octanol–water partition coefficient (Wildman–Crippen LogP) is 0.946. The molecule has 0 radical (unpaired) electrons. The smallest absolute Gasteiger partial charge is 0.254 e. The summed E-state index contributed by atoms with van der Waals surface area (Å²) in [5, 5.41) is 1.90. The summed E-state index contributed by atoms with van der Waals surface area (Å²) in [7, 11) is -7.01. The Morgan fingerprint density at radius 3 is 2.29 bits per heavy atom. The van der Waals surface area contributed by atoms with E-state index < -0.39 is 30.5 Å². The Morgan fingerprint density at radius 2 is 1.74 bits per heavy atom. The van der Waals surface area contributed by atoms with Crippen molar-refractivity contribution in [3.63, 3.8) is 0 Å². The maximum Gasteiger partial charge on any atom is 0.254 e. The summed E-state index contributed by atoms with van der Waals surface area (Å²) in [4.78, 5) is 26.7. The topological polar surface area (TPSA) is 121 Å². The number of amides is 2. The molecule has 2 amide bonds. The number of rotatable bonds is 4. The van der Waals surface area contributed by atoms with Gasteiger partial charge >= 0.3 is 0 Å². The average Bonchev–Trinajstić information content (AvgIpc) is 3.07. The Labute approximate surface area is 183 Å². The van der Waals surface area contributed by atoms with Crippen molar-refractivity contribution in [1.82, 2.24) is 9.21 Å². The Hall–Kier alpha value is -1.98. The molecule has 2 aliphatic heterocycles. The first-order chi connectivity index (χ1) is 14.3. The van der Waals surface area contributed by atoms with Gasteiger partial charge in [0.05, 0.1) is 16.8 Å². The van der Waals surface area contributed by atoms with Gasteiger partial charge in [-0.25, -0.2) is 16.8 Å². The zero-order chi connectivity index (χ0) is 23.0. The van der Waals surface area contributed by atoms with Crippen LogP contribution in [0.4, 0.5) is 5.69 Å². The fourth-order valence-electron chi connectivity index (χ4n) is 3.58. The van der Waals surface area contributed by atoms with Gasteiger partial charge in [-0.05, 0) is 24.6 Å². The maximum absolute atomic E-state index is 12.9. The molecule has 0 spiro atoms. The molecule has 1 aromatic carbocycles. The van der Waals surface area contributed by atoms with Crippen LogP contribution >= 0.6 is 0 Å². The molecule has 3 rings (SSSR count). The van der Waals surface area contributed by atoms with E-state index in [1.165, 1.54) is 4.31 Å². The number of anilines is 1. The number of carbonyl (C=O) groups excluding carboxylic acids is 2. The lowest BCUT2D eigenvalue weighted by atomic mass is 9.95. The van der Waals surface area contributed by atoms with Gasteiger partial charge in [0.15, 0.2) is 9.84 Å². The molecule has 9 nitrogen and oxygen atoms in total.